The third-order valence-corrected chi connectivity index (χ3v) is 10.2. The fourth-order valence-corrected chi connectivity index (χ4v) is 7.66. The molecule has 2 atom stereocenters. The predicted octanol–water partition coefficient (Wildman–Crippen LogP) is 4.74. The number of fused-ring (bicyclic) bond motifs is 1. The van der Waals surface area contributed by atoms with Crippen molar-refractivity contribution in [1.29, 1.82) is 0 Å². The van der Waals surface area contributed by atoms with Gasteiger partial charge in [-0.2, -0.15) is 0 Å². The van der Waals surface area contributed by atoms with Gasteiger partial charge >= 0.3 is 5.97 Å². The van der Waals surface area contributed by atoms with Crippen LogP contribution in [0.15, 0.2) is 70.4 Å². The van der Waals surface area contributed by atoms with Crippen LogP contribution in [-0.2, 0) is 20.9 Å². The van der Waals surface area contributed by atoms with E-state index >= 15 is 0 Å². The predicted molar refractivity (Wildman–Crippen MR) is 149 cm³/mol. The Bertz CT molecular complexity index is 1290. The summed E-state index contributed by atoms with van der Waals surface area (Å²) in [6.45, 7) is 4.42. The van der Waals surface area contributed by atoms with E-state index in [4.69, 9.17) is 34.8 Å². The standard InChI is InChI=1S/C24H20Cl3N3O4S3/c1-2-5-29-6-3-14(4-7-29)35-10-13-11-37-23-20(22(32)30(23)21(13)24(33)34)28-19(31)12-36-18-9-16(26)15(25)8-17(18)27/h2-4,6-9,20,23H,1,5,10-12H2,(H-,28,31,33,34)/p+1/t20-,23-/m1/s1. The molecule has 0 unspecified atom stereocenters. The minimum atomic E-state index is -1.15. The number of rotatable bonds is 10. The van der Waals surface area contributed by atoms with Crippen molar-refractivity contribution in [3.8, 4) is 0 Å². The molecule has 1 fully saturated rings. The number of benzene rings is 1. The number of β-lactam (4-membered cyclic amide) rings is 1. The van der Waals surface area contributed by atoms with Crippen LogP contribution < -0.4 is 9.88 Å². The van der Waals surface area contributed by atoms with E-state index < -0.39 is 23.3 Å². The lowest BCUT2D eigenvalue weighted by molar-refractivity contribution is -0.687. The summed E-state index contributed by atoms with van der Waals surface area (Å²) >= 11 is 22.2. The van der Waals surface area contributed by atoms with Crippen LogP contribution in [0.3, 0.4) is 0 Å². The normalized spacial score (nSPS) is 18.8. The Labute approximate surface area is 241 Å². The number of nitrogens with one attached hydrogen (secondary N) is 1. The summed E-state index contributed by atoms with van der Waals surface area (Å²) < 4.78 is 1.98. The van der Waals surface area contributed by atoms with E-state index in [0.717, 1.165) is 4.90 Å². The summed E-state index contributed by atoms with van der Waals surface area (Å²) in [4.78, 5) is 40.4. The summed E-state index contributed by atoms with van der Waals surface area (Å²) in [6, 6.07) is 6.20. The number of nitrogens with zero attached hydrogens (tertiary/aromatic N) is 2. The molecule has 7 nitrogen and oxygen atoms in total. The van der Waals surface area contributed by atoms with Gasteiger partial charge in [-0.25, -0.2) is 9.36 Å². The molecule has 0 aliphatic carbocycles. The number of halogens is 3. The molecule has 0 bridgehead atoms. The average molecular weight is 618 g/mol. The highest BCUT2D eigenvalue weighted by atomic mass is 35.5. The van der Waals surface area contributed by atoms with E-state index in [-0.39, 0.29) is 17.4 Å². The molecule has 4 rings (SSSR count). The molecule has 2 aromatic rings. The second kappa shape index (κ2) is 12.4. The molecule has 3 heterocycles. The number of aliphatic carboxylic acids is 1. The smallest absolute Gasteiger partial charge is 0.352 e. The molecule has 1 saturated heterocycles. The Morgan fingerprint density at radius 2 is 1.89 bits per heavy atom. The Morgan fingerprint density at radius 3 is 2.57 bits per heavy atom. The van der Waals surface area contributed by atoms with Gasteiger partial charge in [0.05, 0.1) is 20.8 Å². The van der Waals surface area contributed by atoms with Crippen LogP contribution >= 0.6 is 70.1 Å². The number of aromatic nitrogens is 1. The highest BCUT2D eigenvalue weighted by Crippen LogP contribution is 2.42. The fraction of sp³-hybridized carbons (Fsp3) is 0.250. The summed E-state index contributed by atoms with van der Waals surface area (Å²) in [5.41, 5.74) is 0.672. The topological polar surface area (TPSA) is 90.6 Å². The third kappa shape index (κ3) is 6.43. The van der Waals surface area contributed by atoms with Gasteiger partial charge in [0.15, 0.2) is 18.9 Å². The van der Waals surface area contributed by atoms with E-state index in [1.807, 2.05) is 29.1 Å². The number of allylic oxidation sites excluding steroid dienone is 1. The summed E-state index contributed by atoms with van der Waals surface area (Å²) in [5.74, 6) is -1.06. The average Bonchev–Trinajstić information content (AvgIpc) is 2.87. The Balaban J connectivity index is 1.37. The van der Waals surface area contributed by atoms with Crippen LogP contribution in [0, 0.1) is 0 Å². The van der Waals surface area contributed by atoms with Gasteiger partial charge in [-0.3, -0.25) is 14.5 Å². The highest BCUT2D eigenvalue weighted by Gasteiger charge is 2.54. The number of amides is 2. The number of hydrogen-bond donors (Lipinski definition) is 2. The quantitative estimate of drug-likeness (QED) is 0.131. The maximum atomic E-state index is 12.9. The summed E-state index contributed by atoms with van der Waals surface area (Å²) in [5, 5.41) is 13.1. The van der Waals surface area contributed by atoms with Crippen LogP contribution in [0.2, 0.25) is 15.1 Å². The number of carboxylic acids is 1. The lowest BCUT2D eigenvalue weighted by Crippen LogP contribution is -2.70. The number of carbonyl (C=O) groups is 3. The van der Waals surface area contributed by atoms with Crippen LogP contribution in [0.4, 0.5) is 0 Å². The van der Waals surface area contributed by atoms with Crippen LogP contribution in [0.25, 0.3) is 0 Å². The van der Waals surface area contributed by atoms with E-state index in [1.165, 1.54) is 46.3 Å². The molecule has 2 aliphatic heterocycles. The maximum Gasteiger partial charge on any atom is 0.352 e. The number of carboxylic acid groups (broad SMARTS) is 1. The van der Waals surface area contributed by atoms with Gasteiger partial charge in [0.25, 0.3) is 5.91 Å². The summed E-state index contributed by atoms with van der Waals surface area (Å²) in [6.07, 6.45) is 5.67. The Morgan fingerprint density at radius 1 is 1.19 bits per heavy atom. The third-order valence-electron chi connectivity index (χ3n) is 5.51. The van der Waals surface area contributed by atoms with E-state index in [9.17, 15) is 19.5 Å². The summed E-state index contributed by atoms with van der Waals surface area (Å²) in [7, 11) is 0. The zero-order valence-corrected chi connectivity index (χ0v) is 23.9. The van der Waals surface area contributed by atoms with Crippen molar-refractivity contribution in [2.24, 2.45) is 0 Å². The minimum absolute atomic E-state index is 0.00126. The van der Waals surface area contributed by atoms with Gasteiger partial charge in [0, 0.05) is 33.4 Å². The molecule has 2 N–H and O–H groups in total. The van der Waals surface area contributed by atoms with Gasteiger partial charge in [0.1, 0.15) is 17.1 Å². The largest absolute Gasteiger partial charge is 0.477 e. The number of pyridine rings is 1. The molecule has 0 radical (unpaired) electrons. The Hall–Kier alpha value is -1.82. The lowest BCUT2D eigenvalue weighted by Gasteiger charge is -2.49. The van der Waals surface area contributed by atoms with Gasteiger partial charge in [0.2, 0.25) is 5.91 Å². The molecule has 0 saturated carbocycles. The SMILES string of the molecule is C=CC[n+]1ccc(SCC2=C(C(=O)O)N3C(=O)[C@@H](NC(=O)CSc4cc(Cl)c(Cl)cc4Cl)[C@H]3SC2)cc1. The second-order valence-electron chi connectivity index (χ2n) is 8.01. The molecular weight excluding hydrogens is 597 g/mol. The number of carbonyl (C=O) groups excluding carboxylic acids is 2. The monoisotopic (exact) mass is 616 g/mol. The zero-order chi connectivity index (χ0) is 26.7. The lowest BCUT2D eigenvalue weighted by atomic mass is 10.0. The van der Waals surface area contributed by atoms with Crippen LogP contribution in [0.5, 0.6) is 0 Å². The molecule has 1 aromatic heterocycles. The molecule has 2 aliphatic rings. The fourth-order valence-electron chi connectivity index (χ4n) is 3.75. The minimum Gasteiger partial charge on any atom is -0.477 e. The van der Waals surface area contributed by atoms with Crippen molar-refractivity contribution in [2.75, 3.05) is 17.3 Å². The van der Waals surface area contributed by atoms with Gasteiger partial charge in [-0.05, 0) is 23.8 Å². The second-order valence-corrected chi connectivity index (χ2v) is 12.4. The molecule has 2 amide bonds. The first-order chi connectivity index (χ1) is 17.7. The first kappa shape index (κ1) is 28.2. The van der Waals surface area contributed by atoms with Crippen molar-refractivity contribution >= 4 is 87.9 Å². The maximum absolute atomic E-state index is 12.9. The van der Waals surface area contributed by atoms with Crippen molar-refractivity contribution in [3.63, 3.8) is 0 Å². The van der Waals surface area contributed by atoms with Gasteiger partial charge in [-0.15, -0.1) is 35.3 Å². The van der Waals surface area contributed by atoms with Crippen molar-refractivity contribution in [2.45, 2.75) is 27.8 Å². The highest BCUT2D eigenvalue weighted by molar-refractivity contribution is 8.01. The van der Waals surface area contributed by atoms with Gasteiger partial charge < -0.3 is 10.4 Å². The molecule has 194 valence electrons. The molecule has 1 aromatic carbocycles. The molecule has 13 heteroatoms. The molecule has 37 heavy (non-hydrogen) atoms. The van der Waals surface area contributed by atoms with E-state index in [2.05, 4.69) is 11.9 Å². The van der Waals surface area contributed by atoms with Crippen LogP contribution in [-0.4, -0.2) is 56.5 Å². The number of hydrogen-bond acceptors (Lipinski definition) is 6. The number of thioether (sulfide) groups is 3. The van der Waals surface area contributed by atoms with Crippen molar-refractivity contribution in [3.05, 3.63) is 75.7 Å². The molecular formula is C24H21Cl3N3O4S3+. The van der Waals surface area contributed by atoms with E-state index in [1.54, 1.807) is 12.1 Å². The Kier molecular flexibility index (Phi) is 9.42. The first-order valence-corrected chi connectivity index (χ1v) is 15.0. The first-order valence-electron chi connectivity index (χ1n) is 10.9. The molecule has 0 spiro atoms. The van der Waals surface area contributed by atoms with Crippen LogP contribution in [0.1, 0.15) is 0 Å². The van der Waals surface area contributed by atoms with Crippen molar-refractivity contribution < 1.29 is 24.1 Å². The van der Waals surface area contributed by atoms with Gasteiger partial charge in [-0.1, -0.05) is 41.4 Å². The van der Waals surface area contributed by atoms with E-state index in [0.29, 0.717) is 43.6 Å². The zero-order valence-electron chi connectivity index (χ0n) is 19.2. The van der Waals surface area contributed by atoms with Crippen molar-refractivity contribution in [1.82, 2.24) is 10.2 Å².